The van der Waals surface area contributed by atoms with Crippen molar-refractivity contribution in [2.45, 2.75) is 31.2 Å². The van der Waals surface area contributed by atoms with Gasteiger partial charge in [0.1, 0.15) is 19.0 Å². The predicted molar refractivity (Wildman–Crippen MR) is 159 cm³/mol. The molecule has 1 heterocycles. The number of hydrogen-bond donors (Lipinski definition) is 1. The number of ether oxygens (including phenoxy) is 4. The Kier molecular flexibility index (Phi) is 9.69. The van der Waals surface area contributed by atoms with Crippen molar-refractivity contribution in [3.63, 3.8) is 0 Å². The molecule has 0 aliphatic carbocycles. The zero-order valence-corrected chi connectivity index (χ0v) is 23.6. The molecule has 1 fully saturated rings. The fourth-order valence-corrected chi connectivity index (χ4v) is 5.36. The van der Waals surface area contributed by atoms with Gasteiger partial charge in [-0.1, -0.05) is 78.9 Å². The summed E-state index contributed by atoms with van der Waals surface area (Å²) in [7, 11) is 1.47. The van der Waals surface area contributed by atoms with E-state index < -0.39 is 18.2 Å². The second kappa shape index (κ2) is 14.0. The second-order valence-electron chi connectivity index (χ2n) is 10.3. The molecule has 0 radical (unpaired) electrons. The van der Waals surface area contributed by atoms with Crippen LogP contribution < -0.4 is 4.74 Å². The van der Waals surface area contributed by atoms with Gasteiger partial charge < -0.3 is 29.0 Å². The van der Waals surface area contributed by atoms with Crippen LogP contribution in [0, 0.1) is 0 Å². The molecule has 5 rings (SSSR count). The summed E-state index contributed by atoms with van der Waals surface area (Å²) in [4.78, 5) is 25.6. The van der Waals surface area contributed by atoms with Crippen LogP contribution in [-0.4, -0.2) is 61.6 Å². The van der Waals surface area contributed by atoms with Gasteiger partial charge in [-0.05, 0) is 52.1 Å². The van der Waals surface area contributed by atoms with Crippen molar-refractivity contribution in [1.29, 1.82) is 0 Å². The molecule has 1 N–H and O–H groups in total. The van der Waals surface area contributed by atoms with Gasteiger partial charge in [-0.3, -0.25) is 0 Å². The summed E-state index contributed by atoms with van der Waals surface area (Å²) in [5.74, 6) is 0.225. The Balaban J connectivity index is 1.16. The highest BCUT2D eigenvalue weighted by Crippen LogP contribution is 2.32. The minimum Gasteiger partial charge on any atom is -0.490 e. The summed E-state index contributed by atoms with van der Waals surface area (Å²) >= 11 is 0. The van der Waals surface area contributed by atoms with E-state index in [1.54, 1.807) is 0 Å². The highest BCUT2D eigenvalue weighted by Gasteiger charge is 2.33. The molecular weight excluding hydrogens is 534 g/mol. The van der Waals surface area contributed by atoms with Crippen molar-refractivity contribution in [1.82, 2.24) is 4.90 Å². The molecule has 8 nitrogen and oxygen atoms in total. The summed E-state index contributed by atoms with van der Waals surface area (Å²) < 4.78 is 22.8. The lowest BCUT2D eigenvalue weighted by molar-refractivity contribution is -0.156. The van der Waals surface area contributed by atoms with E-state index in [4.69, 9.17) is 18.9 Å². The van der Waals surface area contributed by atoms with E-state index in [0.29, 0.717) is 31.9 Å². The van der Waals surface area contributed by atoms with E-state index >= 15 is 0 Å². The van der Waals surface area contributed by atoms with E-state index in [9.17, 15) is 14.7 Å². The number of esters is 1. The van der Waals surface area contributed by atoms with Crippen LogP contribution in [0.2, 0.25) is 0 Å². The number of carboxylic acid groups (broad SMARTS) is 1. The molecule has 0 saturated carbocycles. The Labute approximate surface area is 245 Å². The van der Waals surface area contributed by atoms with Crippen LogP contribution in [0.25, 0.3) is 10.8 Å². The molecule has 0 aromatic heterocycles. The van der Waals surface area contributed by atoms with Gasteiger partial charge in [0.15, 0.2) is 6.10 Å². The van der Waals surface area contributed by atoms with Crippen LogP contribution >= 0.6 is 0 Å². The van der Waals surface area contributed by atoms with E-state index in [2.05, 4.69) is 30.3 Å². The average molecular weight is 570 g/mol. The van der Waals surface area contributed by atoms with Crippen molar-refractivity contribution in [3.8, 4) is 5.75 Å². The molecular formula is C34H35NO7. The lowest BCUT2D eigenvalue weighted by atomic mass is 9.87. The molecule has 1 aliphatic heterocycles. The lowest BCUT2D eigenvalue weighted by Crippen LogP contribution is -2.46. The summed E-state index contributed by atoms with van der Waals surface area (Å²) in [6, 6.07) is 31.4. The SMILES string of the molecule is COC(C(=O)OCCOc1ccc(C2CCN(C(=O)O)CC2OCc2ccc3ccccc3c2)cc1)c1ccccc1. The molecule has 3 atom stereocenters. The molecule has 1 saturated heterocycles. The van der Waals surface area contributed by atoms with Crippen molar-refractivity contribution < 1.29 is 33.6 Å². The van der Waals surface area contributed by atoms with Crippen LogP contribution in [0.1, 0.15) is 35.1 Å². The molecule has 218 valence electrons. The number of likely N-dealkylation sites (tertiary alicyclic amines) is 1. The van der Waals surface area contributed by atoms with Gasteiger partial charge in [0.05, 0.1) is 19.3 Å². The number of benzene rings is 4. The van der Waals surface area contributed by atoms with Crippen molar-refractivity contribution >= 4 is 22.8 Å². The first-order valence-corrected chi connectivity index (χ1v) is 14.1. The molecule has 1 aliphatic rings. The third kappa shape index (κ3) is 7.26. The van der Waals surface area contributed by atoms with Crippen molar-refractivity contribution in [2.24, 2.45) is 0 Å². The quantitative estimate of drug-likeness (QED) is 0.170. The minimum atomic E-state index is -0.933. The van der Waals surface area contributed by atoms with Crippen LogP contribution in [-0.2, 0) is 25.6 Å². The van der Waals surface area contributed by atoms with Crippen LogP contribution in [0.3, 0.4) is 0 Å². The average Bonchev–Trinajstić information content (AvgIpc) is 3.03. The highest BCUT2D eigenvalue weighted by atomic mass is 16.6. The number of carbonyl (C=O) groups is 2. The monoisotopic (exact) mass is 569 g/mol. The first kappa shape index (κ1) is 29.1. The maximum atomic E-state index is 12.4. The van der Waals surface area contributed by atoms with Gasteiger partial charge in [0.2, 0.25) is 0 Å². The topological polar surface area (TPSA) is 94.5 Å². The van der Waals surface area contributed by atoms with E-state index in [0.717, 1.165) is 22.1 Å². The number of carbonyl (C=O) groups excluding carboxylic acids is 1. The lowest BCUT2D eigenvalue weighted by Gasteiger charge is -2.37. The summed E-state index contributed by atoms with van der Waals surface area (Å²) in [5.41, 5.74) is 2.84. The smallest absolute Gasteiger partial charge is 0.407 e. The van der Waals surface area contributed by atoms with E-state index in [1.165, 1.54) is 17.4 Å². The number of piperidine rings is 1. The number of fused-ring (bicyclic) bond motifs is 1. The number of amides is 1. The molecule has 0 bridgehead atoms. The van der Waals surface area contributed by atoms with E-state index in [1.807, 2.05) is 66.7 Å². The highest BCUT2D eigenvalue weighted by molar-refractivity contribution is 5.83. The Hall–Kier alpha value is -4.40. The molecule has 4 aromatic rings. The largest absolute Gasteiger partial charge is 0.490 e. The Bertz CT molecular complexity index is 1470. The van der Waals surface area contributed by atoms with Gasteiger partial charge in [0.25, 0.3) is 0 Å². The minimum absolute atomic E-state index is 0.0417. The molecule has 0 spiro atoms. The molecule has 3 unspecified atom stereocenters. The Morgan fingerprint density at radius 2 is 1.64 bits per heavy atom. The van der Waals surface area contributed by atoms with Gasteiger partial charge in [-0.25, -0.2) is 9.59 Å². The summed E-state index contributed by atoms with van der Waals surface area (Å²) in [6.45, 7) is 1.44. The zero-order valence-electron chi connectivity index (χ0n) is 23.6. The van der Waals surface area contributed by atoms with Gasteiger partial charge >= 0.3 is 12.1 Å². The third-order valence-electron chi connectivity index (χ3n) is 7.56. The summed E-state index contributed by atoms with van der Waals surface area (Å²) in [5, 5.41) is 11.9. The predicted octanol–water partition coefficient (Wildman–Crippen LogP) is 6.20. The maximum Gasteiger partial charge on any atom is 0.407 e. The maximum absolute atomic E-state index is 12.4. The normalized spacial score (nSPS) is 17.5. The fourth-order valence-electron chi connectivity index (χ4n) is 5.36. The number of hydrogen-bond acceptors (Lipinski definition) is 6. The number of methoxy groups -OCH3 is 1. The molecule has 4 aromatic carbocycles. The number of rotatable bonds is 11. The summed E-state index contributed by atoms with van der Waals surface area (Å²) in [6.07, 6.45) is -1.34. The Morgan fingerprint density at radius 1 is 0.905 bits per heavy atom. The first-order chi connectivity index (χ1) is 20.5. The number of nitrogens with zero attached hydrogens (tertiary/aromatic N) is 1. The molecule has 42 heavy (non-hydrogen) atoms. The Morgan fingerprint density at radius 3 is 2.38 bits per heavy atom. The van der Waals surface area contributed by atoms with Gasteiger partial charge in [-0.2, -0.15) is 0 Å². The van der Waals surface area contributed by atoms with Crippen LogP contribution in [0.5, 0.6) is 5.75 Å². The van der Waals surface area contributed by atoms with Gasteiger partial charge in [0, 0.05) is 19.6 Å². The van der Waals surface area contributed by atoms with Crippen molar-refractivity contribution in [3.05, 3.63) is 114 Å². The third-order valence-corrected chi connectivity index (χ3v) is 7.56. The second-order valence-corrected chi connectivity index (χ2v) is 10.3. The van der Waals surface area contributed by atoms with Gasteiger partial charge in [-0.15, -0.1) is 0 Å². The molecule has 8 heteroatoms. The standard InChI is InChI=1S/C34H35NO7/c1-39-32(27-8-3-2-4-9-27)33(36)41-20-19-40-29-15-13-26(14-16-29)30-17-18-35(34(37)38)22-31(30)42-23-24-11-12-25-7-5-6-10-28(25)21-24/h2-16,21,30-32H,17-20,22-23H2,1H3,(H,37,38). The first-order valence-electron chi connectivity index (χ1n) is 14.1. The zero-order chi connectivity index (χ0) is 29.3. The van der Waals surface area contributed by atoms with Crippen molar-refractivity contribution in [2.75, 3.05) is 33.4 Å². The van der Waals surface area contributed by atoms with Crippen LogP contribution in [0.15, 0.2) is 97.1 Å². The fraction of sp³-hybridized carbons (Fsp3) is 0.294. The molecule has 1 amide bonds. The van der Waals surface area contributed by atoms with Crippen LogP contribution in [0.4, 0.5) is 4.79 Å². The van der Waals surface area contributed by atoms with E-state index in [-0.39, 0.29) is 25.2 Å².